The van der Waals surface area contributed by atoms with E-state index in [1.807, 2.05) is 0 Å². The SMILES string of the molecule is CC(C)(C)OC(=O)N1CCC(C(O)Cc2ccc(F)c(F)c2)C1. The predicted molar refractivity (Wildman–Crippen MR) is 82.0 cm³/mol. The standard InChI is InChI=1S/C17H23F2NO3/c1-17(2,3)23-16(22)20-7-6-12(10-20)15(21)9-11-4-5-13(18)14(19)8-11/h4-5,8,12,15,21H,6-7,9-10H2,1-3H3. The topological polar surface area (TPSA) is 49.8 Å². The Morgan fingerprint density at radius 1 is 1.39 bits per heavy atom. The molecule has 0 aliphatic carbocycles. The average Bonchev–Trinajstić information content (AvgIpc) is 2.91. The van der Waals surface area contributed by atoms with E-state index < -0.39 is 23.3 Å². The third-order valence-corrected chi connectivity index (χ3v) is 3.85. The Kier molecular flexibility index (Phi) is 5.24. The molecule has 2 atom stereocenters. The van der Waals surface area contributed by atoms with Crippen molar-refractivity contribution in [1.82, 2.24) is 4.90 Å². The lowest BCUT2D eigenvalue weighted by Crippen LogP contribution is -2.36. The van der Waals surface area contributed by atoms with Crippen molar-refractivity contribution < 1.29 is 23.4 Å². The third kappa shape index (κ3) is 4.89. The number of hydrogen-bond acceptors (Lipinski definition) is 3. The molecule has 1 saturated heterocycles. The molecule has 1 N–H and O–H groups in total. The van der Waals surface area contributed by atoms with Crippen LogP contribution in [0.15, 0.2) is 18.2 Å². The Balaban J connectivity index is 1.90. The number of aliphatic hydroxyl groups excluding tert-OH is 1. The van der Waals surface area contributed by atoms with Gasteiger partial charge in [-0.05, 0) is 51.3 Å². The minimum absolute atomic E-state index is 0.101. The van der Waals surface area contributed by atoms with Gasteiger partial charge < -0.3 is 14.7 Å². The fraction of sp³-hybridized carbons (Fsp3) is 0.588. The summed E-state index contributed by atoms with van der Waals surface area (Å²) in [5, 5.41) is 10.3. The molecule has 1 fully saturated rings. The molecular weight excluding hydrogens is 304 g/mol. The van der Waals surface area contributed by atoms with Crippen LogP contribution in [0.5, 0.6) is 0 Å². The van der Waals surface area contributed by atoms with Crippen LogP contribution in [0.4, 0.5) is 13.6 Å². The van der Waals surface area contributed by atoms with E-state index in [9.17, 15) is 18.7 Å². The highest BCUT2D eigenvalue weighted by molar-refractivity contribution is 5.68. The molecule has 0 spiro atoms. The zero-order valence-electron chi connectivity index (χ0n) is 13.7. The van der Waals surface area contributed by atoms with Gasteiger partial charge in [0.1, 0.15) is 5.60 Å². The maximum absolute atomic E-state index is 13.2. The van der Waals surface area contributed by atoms with Crippen molar-refractivity contribution in [2.45, 2.75) is 45.3 Å². The summed E-state index contributed by atoms with van der Waals surface area (Å²) in [7, 11) is 0. The lowest BCUT2D eigenvalue weighted by atomic mass is 9.95. The molecule has 0 bridgehead atoms. The van der Waals surface area contributed by atoms with Crippen LogP contribution >= 0.6 is 0 Å². The summed E-state index contributed by atoms with van der Waals surface area (Å²) in [6.07, 6.45) is -0.221. The van der Waals surface area contributed by atoms with Crippen molar-refractivity contribution in [2.75, 3.05) is 13.1 Å². The molecule has 1 aromatic rings. The number of hydrogen-bond donors (Lipinski definition) is 1. The first kappa shape index (κ1) is 17.7. The number of ether oxygens (including phenoxy) is 1. The van der Waals surface area contributed by atoms with Crippen molar-refractivity contribution in [1.29, 1.82) is 0 Å². The van der Waals surface area contributed by atoms with E-state index in [0.29, 0.717) is 25.1 Å². The van der Waals surface area contributed by atoms with Crippen molar-refractivity contribution in [3.63, 3.8) is 0 Å². The molecule has 0 radical (unpaired) electrons. The maximum Gasteiger partial charge on any atom is 0.410 e. The summed E-state index contributed by atoms with van der Waals surface area (Å²) in [5.74, 6) is -1.92. The van der Waals surface area contributed by atoms with Crippen molar-refractivity contribution in [3.05, 3.63) is 35.4 Å². The molecule has 1 amide bonds. The van der Waals surface area contributed by atoms with Crippen LogP contribution in [0, 0.1) is 17.6 Å². The number of aliphatic hydroxyl groups is 1. The van der Waals surface area contributed by atoms with Gasteiger partial charge in [-0.1, -0.05) is 6.07 Å². The monoisotopic (exact) mass is 327 g/mol. The Morgan fingerprint density at radius 2 is 2.09 bits per heavy atom. The zero-order chi connectivity index (χ0) is 17.2. The molecule has 0 aromatic heterocycles. The van der Waals surface area contributed by atoms with Crippen LogP contribution < -0.4 is 0 Å². The van der Waals surface area contributed by atoms with Crippen LogP contribution in [0.2, 0.25) is 0 Å². The second kappa shape index (κ2) is 6.83. The second-order valence-electron chi connectivity index (χ2n) is 7.00. The predicted octanol–water partition coefficient (Wildman–Crippen LogP) is 3.13. The largest absolute Gasteiger partial charge is 0.444 e. The van der Waals surface area contributed by atoms with Crippen LogP contribution in [0.3, 0.4) is 0 Å². The zero-order valence-corrected chi connectivity index (χ0v) is 13.7. The van der Waals surface area contributed by atoms with Crippen LogP contribution in [0.25, 0.3) is 0 Å². The molecule has 1 aliphatic rings. The minimum atomic E-state index is -0.920. The fourth-order valence-electron chi connectivity index (χ4n) is 2.67. The Bertz CT molecular complexity index is 571. The summed E-state index contributed by atoms with van der Waals surface area (Å²) >= 11 is 0. The van der Waals surface area contributed by atoms with Gasteiger partial charge >= 0.3 is 6.09 Å². The van der Waals surface area contributed by atoms with E-state index in [-0.39, 0.29) is 18.4 Å². The van der Waals surface area contributed by atoms with E-state index in [2.05, 4.69) is 0 Å². The van der Waals surface area contributed by atoms with Gasteiger partial charge in [0.05, 0.1) is 6.10 Å². The van der Waals surface area contributed by atoms with Gasteiger partial charge in [0, 0.05) is 19.0 Å². The molecule has 1 aliphatic heterocycles. The lowest BCUT2D eigenvalue weighted by molar-refractivity contribution is 0.0269. The normalized spacial score (nSPS) is 19.7. The first-order chi connectivity index (χ1) is 10.7. The lowest BCUT2D eigenvalue weighted by Gasteiger charge is -2.25. The minimum Gasteiger partial charge on any atom is -0.444 e. The number of nitrogens with zero attached hydrogens (tertiary/aromatic N) is 1. The molecule has 2 unspecified atom stereocenters. The van der Waals surface area contributed by atoms with Gasteiger partial charge in [-0.25, -0.2) is 13.6 Å². The van der Waals surface area contributed by atoms with Gasteiger partial charge in [-0.2, -0.15) is 0 Å². The molecule has 23 heavy (non-hydrogen) atoms. The second-order valence-corrected chi connectivity index (χ2v) is 7.00. The van der Waals surface area contributed by atoms with E-state index in [0.717, 1.165) is 12.1 Å². The van der Waals surface area contributed by atoms with E-state index in [1.54, 1.807) is 25.7 Å². The van der Waals surface area contributed by atoms with E-state index in [1.165, 1.54) is 6.07 Å². The van der Waals surface area contributed by atoms with Crippen molar-refractivity contribution in [2.24, 2.45) is 5.92 Å². The highest BCUT2D eigenvalue weighted by Crippen LogP contribution is 2.24. The molecule has 0 saturated carbocycles. The number of benzene rings is 1. The molecule has 4 nitrogen and oxygen atoms in total. The van der Waals surface area contributed by atoms with Crippen LogP contribution in [-0.4, -0.2) is 40.9 Å². The molecule has 1 heterocycles. The maximum atomic E-state index is 13.2. The average molecular weight is 327 g/mol. The molecule has 1 aromatic carbocycles. The summed E-state index contributed by atoms with van der Waals surface area (Å²) in [5.41, 5.74) is -0.0218. The Labute approximate surface area is 135 Å². The number of halogens is 2. The summed E-state index contributed by atoms with van der Waals surface area (Å²) in [4.78, 5) is 13.6. The summed E-state index contributed by atoms with van der Waals surface area (Å²) in [6, 6.07) is 3.61. The molecule has 128 valence electrons. The highest BCUT2D eigenvalue weighted by atomic mass is 19.2. The van der Waals surface area contributed by atoms with Crippen LogP contribution in [-0.2, 0) is 11.2 Å². The van der Waals surface area contributed by atoms with Gasteiger partial charge in [-0.3, -0.25) is 0 Å². The van der Waals surface area contributed by atoms with Gasteiger partial charge in [0.15, 0.2) is 11.6 Å². The number of carbonyl (C=O) groups excluding carboxylic acids is 1. The number of amides is 1. The third-order valence-electron chi connectivity index (χ3n) is 3.85. The van der Waals surface area contributed by atoms with Gasteiger partial charge in [0.2, 0.25) is 0 Å². The number of carbonyl (C=O) groups is 1. The Morgan fingerprint density at radius 3 is 2.70 bits per heavy atom. The first-order valence-electron chi connectivity index (χ1n) is 7.75. The molecule has 6 heteroatoms. The van der Waals surface area contributed by atoms with E-state index >= 15 is 0 Å². The first-order valence-corrected chi connectivity index (χ1v) is 7.75. The van der Waals surface area contributed by atoms with E-state index in [4.69, 9.17) is 4.74 Å². The molecular formula is C17H23F2NO3. The Hall–Kier alpha value is -1.69. The fourth-order valence-corrected chi connectivity index (χ4v) is 2.67. The highest BCUT2D eigenvalue weighted by Gasteiger charge is 2.33. The number of rotatable bonds is 3. The van der Waals surface area contributed by atoms with Crippen molar-refractivity contribution >= 4 is 6.09 Å². The van der Waals surface area contributed by atoms with Crippen LogP contribution in [0.1, 0.15) is 32.8 Å². The molecule has 2 rings (SSSR count). The van der Waals surface area contributed by atoms with Gasteiger partial charge in [0.25, 0.3) is 0 Å². The summed E-state index contributed by atoms with van der Waals surface area (Å²) < 4.78 is 31.4. The van der Waals surface area contributed by atoms with Crippen molar-refractivity contribution in [3.8, 4) is 0 Å². The number of likely N-dealkylation sites (tertiary alicyclic amines) is 1. The quantitative estimate of drug-likeness (QED) is 0.928. The van der Waals surface area contributed by atoms with Gasteiger partial charge in [-0.15, -0.1) is 0 Å². The smallest absolute Gasteiger partial charge is 0.410 e. The summed E-state index contributed by atoms with van der Waals surface area (Å²) in [6.45, 7) is 6.33.